The summed E-state index contributed by atoms with van der Waals surface area (Å²) in [5, 5.41) is 3.61. The number of hydrogen-bond donors (Lipinski definition) is 1. The molecule has 0 bridgehead atoms. The highest BCUT2D eigenvalue weighted by molar-refractivity contribution is 7.89. The van der Waals surface area contributed by atoms with Gasteiger partial charge >= 0.3 is 0 Å². The first-order valence-electron chi connectivity index (χ1n) is 10.9. The number of carbonyl (C=O) groups excluding carboxylic acids is 1. The fourth-order valence-corrected chi connectivity index (χ4v) is 5.94. The number of halogens is 1. The number of amides is 1. The maximum Gasteiger partial charge on any atom is 0.243 e. The van der Waals surface area contributed by atoms with Crippen molar-refractivity contribution in [2.45, 2.75) is 63.2 Å². The molecule has 3 rings (SSSR count). The predicted octanol–water partition coefficient (Wildman–Crippen LogP) is 2.74. The highest BCUT2D eigenvalue weighted by Gasteiger charge is 2.35. The van der Waals surface area contributed by atoms with Gasteiger partial charge in [0.25, 0.3) is 0 Å². The first-order chi connectivity index (χ1) is 14.5. The summed E-state index contributed by atoms with van der Waals surface area (Å²) in [6.07, 6.45) is 1.38. The molecule has 9 heteroatoms. The van der Waals surface area contributed by atoms with E-state index in [0.29, 0.717) is 37.5 Å². The van der Waals surface area contributed by atoms with Crippen LogP contribution in [0.4, 0.5) is 0 Å². The van der Waals surface area contributed by atoms with E-state index in [-0.39, 0.29) is 34.5 Å². The summed E-state index contributed by atoms with van der Waals surface area (Å²) in [5.74, 6) is -0.166. The zero-order valence-electron chi connectivity index (χ0n) is 18.8. The lowest BCUT2D eigenvalue weighted by Gasteiger charge is -2.45. The second kappa shape index (κ2) is 9.75. The lowest BCUT2D eigenvalue weighted by atomic mass is 9.95. The Balaban J connectivity index is 1.51. The van der Waals surface area contributed by atoms with E-state index in [2.05, 4.69) is 37.9 Å². The zero-order chi connectivity index (χ0) is 22.8. The Morgan fingerprint density at radius 1 is 1.13 bits per heavy atom. The minimum Gasteiger partial charge on any atom is -0.373 e. The number of nitrogens with zero attached hydrogens (tertiary/aromatic N) is 2. The molecule has 2 heterocycles. The SMILES string of the molecule is C[C@@H]1CN(C(C)(C)CNC(=O)C2CCN(S(=O)(=O)c3ccc(Cl)cc3)CC2)C[C@H](C)O1. The van der Waals surface area contributed by atoms with Crippen LogP contribution in [0.25, 0.3) is 0 Å². The minimum absolute atomic E-state index is 0.00553. The molecule has 0 radical (unpaired) electrons. The molecule has 2 aliphatic heterocycles. The molecule has 0 unspecified atom stereocenters. The van der Waals surface area contributed by atoms with Gasteiger partial charge < -0.3 is 10.1 Å². The average molecular weight is 472 g/mol. The van der Waals surface area contributed by atoms with Gasteiger partial charge in [0.2, 0.25) is 15.9 Å². The number of sulfonamides is 1. The van der Waals surface area contributed by atoms with E-state index in [1.54, 1.807) is 12.1 Å². The van der Waals surface area contributed by atoms with Gasteiger partial charge in [0, 0.05) is 49.2 Å². The highest BCUT2D eigenvalue weighted by atomic mass is 35.5. The second-order valence-corrected chi connectivity index (χ2v) is 11.7. The molecule has 2 fully saturated rings. The Kier molecular flexibility index (Phi) is 7.69. The van der Waals surface area contributed by atoms with Crippen LogP contribution < -0.4 is 5.32 Å². The Labute approximate surface area is 191 Å². The summed E-state index contributed by atoms with van der Waals surface area (Å²) in [4.78, 5) is 15.4. The fourth-order valence-electron chi connectivity index (χ4n) is 4.35. The zero-order valence-corrected chi connectivity index (χ0v) is 20.4. The Morgan fingerprint density at radius 3 is 2.23 bits per heavy atom. The molecule has 2 atom stereocenters. The molecule has 0 aliphatic carbocycles. The first-order valence-corrected chi connectivity index (χ1v) is 12.7. The lowest BCUT2D eigenvalue weighted by molar-refractivity contribution is -0.127. The van der Waals surface area contributed by atoms with Crippen LogP contribution in [0.3, 0.4) is 0 Å². The summed E-state index contributed by atoms with van der Waals surface area (Å²) in [7, 11) is -3.56. The minimum atomic E-state index is -3.56. The van der Waals surface area contributed by atoms with Crippen molar-refractivity contribution >= 4 is 27.5 Å². The van der Waals surface area contributed by atoms with Gasteiger partial charge in [-0.15, -0.1) is 0 Å². The van der Waals surface area contributed by atoms with Gasteiger partial charge in [-0.3, -0.25) is 9.69 Å². The van der Waals surface area contributed by atoms with E-state index < -0.39 is 10.0 Å². The van der Waals surface area contributed by atoms with E-state index >= 15 is 0 Å². The quantitative estimate of drug-likeness (QED) is 0.690. The first kappa shape index (κ1) is 24.5. The molecular formula is C22H34ClN3O4S. The van der Waals surface area contributed by atoms with Gasteiger partial charge in [-0.05, 0) is 64.8 Å². The van der Waals surface area contributed by atoms with E-state index in [1.165, 1.54) is 16.4 Å². The molecular weight excluding hydrogens is 438 g/mol. The molecule has 0 aromatic heterocycles. The Hall–Kier alpha value is -1.19. The van der Waals surface area contributed by atoms with Crippen molar-refractivity contribution in [3.05, 3.63) is 29.3 Å². The normalized spacial score (nSPS) is 24.8. The van der Waals surface area contributed by atoms with Gasteiger partial charge in [-0.2, -0.15) is 4.31 Å². The molecule has 1 amide bonds. The summed E-state index contributed by atoms with van der Waals surface area (Å²) < 4.78 is 32.9. The third-order valence-corrected chi connectivity index (χ3v) is 8.41. The molecule has 31 heavy (non-hydrogen) atoms. The number of rotatable bonds is 6. The van der Waals surface area contributed by atoms with Gasteiger partial charge in [-0.25, -0.2) is 8.42 Å². The van der Waals surface area contributed by atoms with Crippen molar-refractivity contribution in [2.24, 2.45) is 5.92 Å². The molecule has 1 N–H and O–H groups in total. The average Bonchev–Trinajstić information content (AvgIpc) is 2.72. The monoisotopic (exact) mass is 471 g/mol. The van der Waals surface area contributed by atoms with E-state index in [9.17, 15) is 13.2 Å². The topological polar surface area (TPSA) is 79.0 Å². The van der Waals surface area contributed by atoms with Crippen LogP contribution in [0.15, 0.2) is 29.2 Å². The van der Waals surface area contributed by atoms with Crippen molar-refractivity contribution in [2.75, 3.05) is 32.7 Å². The van der Waals surface area contributed by atoms with Crippen molar-refractivity contribution in [1.82, 2.24) is 14.5 Å². The summed E-state index contributed by atoms with van der Waals surface area (Å²) in [6, 6.07) is 6.19. The fraction of sp³-hybridized carbons (Fsp3) is 0.682. The largest absolute Gasteiger partial charge is 0.373 e. The standard InChI is InChI=1S/C22H34ClN3O4S/c1-16-13-25(14-17(2)30-16)22(3,4)15-24-21(27)18-9-11-26(12-10-18)31(28,29)20-7-5-19(23)6-8-20/h5-8,16-18H,9-15H2,1-4H3,(H,24,27)/t16-,17+. The maximum absolute atomic E-state index is 12.8. The number of hydrogen-bond acceptors (Lipinski definition) is 5. The Bertz CT molecular complexity index is 857. The molecule has 0 saturated carbocycles. The molecule has 0 spiro atoms. The van der Waals surface area contributed by atoms with Crippen LogP contribution in [0.1, 0.15) is 40.5 Å². The number of morpholine rings is 1. The third kappa shape index (κ3) is 5.99. The van der Waals surface area contributed by atoms with Crippen LogP contribution in [-0.4, -0.2) is 74.0 Å². The maximum atomic E-state index is 12.8. The van der Waals surface area contributed by atoms with Gasteiger partial charge in [0.05, 0.1) is 17.1 Å². The molecule has 2 aliphatic rings. The third-order valence-electron chi connectivity index (χ3n) is 6.25. The van der Waals surface area contributed by atoms with E-state index in [0.717, 1.165) is 13.1 Å². The van der Waals surface area contributed by atoms with Gasteiger partial charge in [-0.1, -0.05) is 11.6 Å². The molecule has 174 valence electrons. The summed E-state index contributed by atoms with van der Waals surface area (Å²) in [5.41, 5.74) is -0.180. The number of benzene rings is 1. The molecule has 7 nitrogen and oxygen atoms in total. The summed E-state index contributed by atoms with van der Waals surface area (Å²) in [6.45, 7) is 11.3. The van der Waals surface area contributed by atoms with Crippen LogP contribution in [0, 0.1) is 5.92 Å². The van der Waals surface area contributed by atoms with Crippen molar-refractivity contribution in [3.8, 4) is 0 Å². The van der Waals surface area contributed by atoms with Crippen LogP contribution >= 0.6 is 11.6 Å². The highest BCUT2D eigenvalue weighted by Crippen LogP contribution is 2.25. The van der Waals surface area contributed by atoms with Crippen molar-refractivity contribution in [1.29, 1.82) is 0 Å². The van der Waals surface area contributed by atoms with Crippen LogP contribution in [0.2, 0.25) is 5.02 Å². The number of carbonyl (C=O) groups is 1. The lowest BCUT2D eigenvalue weighted by Crippen LogP contribution is -2.59. The molecule has 1 aromatic carbocycles. The number of nitrogens with one attached hydrogen (secondary N) is 1. The van der Waals surface area contributed by atoms with E-state index in [1.807, 2.05) is 0 Å². The number of piperidine rings is 1. The summed E-state index contributed by atoms with van der Waals surface area (Å²) >= 11 is 5.86. The second-order valence-electron chi connectivity index (χ2n) is 9.32. The smallest absolute Gasteiger partial charge is 0.243 e. The van der Waals surface area contributed by atoms with Gasteiger partial charge in [0.1, 0.15) is 0 Å². The van der Waals surface area contributed by atoms with Crippen molar-refractivity contribution < 1.29 is 17.9 Å². The van der Waals surface area contributed by atoms with E-state index in [4.69, 9.17) is 16.3 Å². The van der Waals surface area contributed by atoms with Crippen LogP contribution in [-0.2, 0) is 19.6 Å². The van der Waals surface area contributed by atoms with Crippen molar-refractivity contribution in [3.63, 3.8) is 0 Å². The molecule has 1 aromatic rings. The number of ether oxygens (including phenoxy) is 1. The Morgan fingerprint density at radius 2 is 1.68 bits per heavy atom. The van der Waals surface area contributed by atoms with Gasteiger partial charge in [0.15, 0.2) is 0 Å². The predicted molar refractivity (Wildman–Crippen MR) is 122 cm³/mol. The molecule has 2 saturated heterocycles. The van der Waals surface area contributed by atoms with Crippen LogP contribution in [0.5, 0.6) is 0 Å².